The largest absolute Gasteiger partial charge is 0.424 e. The van der Waals surface area contributed by atoms with Gasteiger partial charge in [0.1, 0.15) is 6.07 Å². The normalized spacial score (nSPS) is 20.5. The molecule has 0 aliphatic heterocycles. The molecule has 1 aromatic heterocycles. The number of hydrogen-bond acceptors (Lipinski definition) is 4. The van der Waals surface area contributed by atoms with Gasteiger partial charge in [-0.05, 0) is 25.7 Å². The topological polar surface area (TPSA) is 61.9 Å². The van der Waals surface area contributed by atoms with E-state index in [1.54, 1.807) is 0 Å². The third kappa shape index (κ3) is 1.35. The van der Waals surface area contributed by atoms with Crippen LogP contribution in [-0.4, -0.2) is 11.0 Å². The molecule has 0 radical (unpaired) electrons. The fourth-order valence-corrected chi connectivity index (χ4v) is 1.43. The summed E-state index contributed by atoms with van der Waals surface area (Å²) >= 11 is 0. The lowest BCUT2D eigenvalue weighted by molar-refractivity contribution is 0.508. The summed E-state index contributed by atoms with van der Waals surface area (Å²) in [5, 5.41) is 12.0. The van der Waals surface area contributed by atoms with Gasteiger partial charge >= 0.3 is 0 Å². The minimum Gasteiger partial charge on any atom is -0.424 e. The maximum atomic E-state index is 8.85. The zero-order valence-electron chi connectivity index (χ0n) is 7.79. The molecule has 14 heavy (non-hydrogen) atoms. The van der Waals surface area contributed by atoms with E-state index in [0.717, 1.165) is 18.7 Å². The molecule has 4 heteroatoms. The van der Waals surface area contributed by atoms with Crippen molar-refractivity contribution in [2.75, 3.05) is 5.32 Å². The second-order valence-electron chi connectivity index (χ2n) is 4.03. The van der Waals surface area contributed by atoms with Gasteiger partial charge in [-0.15, -0.1) is 0 Å². The second-order valence-corrected chi connectivity index (χ2v) is 4.03. The Labute approximate surface area is 81.9 Å². The Morgan fingerprint density at radius 1 is 1.36 bits per heavy atom. The van der Waals surface area contributed by atoms with Crippen LogP contribution in [0.25, 0.3) is 0 Å². The highest BCUT2D eigenvalue weighted by atomic mass is 16.4. The number of aromatic nitrogens is 1. The molecule has 3 rings (SSSR count). The smallest absolute Gasteiger partial charge is 0.232 e. The molecule has 2 fully saturated rings. The summed E-state index contributed by atoms with van der Waals surface area (Å²) in [7, 11) is 0. The molecular weight excluding hydrogens is 178 g/mol. The molecule has 72 valence electrons. The van der Waals surface area contributed by atoms with E-state index in [1.165, 1.54) is 12.8 Å². The predicted octanol–water partition coefficient (Wildman–Crippen LogP) is 2.00. The quantitative estimate of drug-likeness (QED) is 0.789. The zero-order chi connectivity index (χ0) is 9.54. The van der Waals surface area contributed by atoms with Gasteiger partial charge in [-0.3, -0.25) is 0 Å². The lowest BCUT2D eigenvalue weighted by Gasteiger charge is -1.97. The standard InChI is InChI=1S/C10H11N3O/c11-5-8-10(12-7-3-4-7)14-9(13-8)6-1-2-6/h6-7,12H,1-4H2. The van der Waals surface area contributed by atoms with E-state index in [-0.39, 0.29) is 0 Å². The van der Waals surface area contributed by atoms with Crippen molar-refractivity contribution in [1.29, 1.82) is 5.26 Å². The number of hydrogen-bond donors (Lipinski definition) is 1. The molecule has 4 nitrogen and oxygen atoms in total. The summed E-state index contributed by atoms with van der Waals surface area (Å²) in [6, 6.07) is 2.57. The third-order valence-electron chi connectivity index (χ3n) is 2.59. The lowest BCUT2D eigenvalue weighted by Crippen LogP contribution is -2.00. The van der Waals surface area contributed by atoms with Gasteiger partial charge in [0, 0.05) is 12.0 Å². The van der Waals surface area contributed by atoms with Crippen LogP contribution < -0.4 is 5.32 Å². The van der Waals surface area contributed by atoms with Crippen LogP contribution in [0.5, 0.6) is 0 Å². The van der Waals surface area contributed by atoms with Crippen molar-refractivity contribution in [3.63, 3.8) is 0 Å². The van der Waals surface area contributed by atoms with Crippen molar-refractivity contribution in [2.45, 2.75) is 37.6 Å². The summed E-state index contributed by atoms with van der Waals surface area (Å²) in [4.78, 5) is 4.18. The van der Waals surface area contributed by atoms with Gasteiger partial charge in [0.2, 0.25) is 17.5 Å². The fourth-order valence-electron chi connectivity index (χ4n) is 1.43. The molecule has 0 atom stereocenters. The molecule has 0 aromatic carbocycles. The number of oxazole rings is 1. The highest BCUT2D eigenvalue weighted by Crippen LogP contribution is 2.41. The molecular formula is C10H11N3O. The van der Waals surface area contributed by atoms with Crippen molar-refractivity contribution in [2.24, 2.45) is 0 Å². The van der Waals surface area contributed by atoms with Crippen molar-refractivity contribution in [1.82, 2.24) is 4.98 Å². The molecule has 2 saturated carbocycles. The minimum absolute atomic E-state index is 0.416. The SMILES string of the molecule is N#Cc1nc(C2CC2)oc1NC1CC1. The molecule has 2 aliphatic rings. The van der Waals surface area contributed by atoms with Gasteiger partial charge < -0.3 is 9.73 Å². The summed E-state index contributed by atoms with van der Waals surface area (Å²) in [5.41, 5.74) is 0.416. The van der Waals surface area contributed by atoms with E-state index in [4.69, 9.17) is 9.68 Å². The van der Waals surface area contributed by atoms with Crippen LogP contribution in [0.1, 0.15) is 43.2 Å². The van der Waals surface area contributed by atoms with E-state index in [2.05, 4.69) is 16.4 Å². The number of nitriles is 1. The first kappa shape index (κ1) is 7.86. The molecule has 0 amide bonds. The van der Waals surface area contributed by atoms with Crippen LogP contribution in [0.4, 0.5) is 5.88 Å². The van der Waals surface area contributed by atoms with E-state index >= 15 is 0 Å². The number of rotatable bonds is 3. The van der Waals surface area contributed by atoms with Crippen LogP contribution in [0.15, 0.2) is 4.42 Å². The molecule has 2 aliphatic carbocycles. The van der Waals surface area contributed by atoms with E-state index in [0.29, 0.717) is 23.5 Å². The fraction of sp³-hybridized carbons (Fsp3) is 0.600. The minimum atomic E-state index is 0.416. The molecule has 0 saturated heterocycles. The molecule has 1 aromatic rings. The average Bonchev–Trinajstić information content (AvgIpc) is 3.04. The van der Waals surface area contributed by atoms with Gasteiger partial charge in [0.25, 0.3) is 0 Å². The van der Waals surface area contributed by atoms with Gasteiger partial charge in [-0.1, -0.05) is 0 Å². The Morgan fingerprint density at radius 2 is 2.14 bits per heavy atom. The summed E-state index contributed by atoms with van der Waals surface area (Å²) in [6.45, 7) is 0. The first-order valence-corrected chi connectivity index (χ1v) is 5.04. The Balaban J connectivity index is 1.87. The van der Waals surface area contributed by atoms with Crippen molar-refractivity contribution in [3.8, 4) is 6.07 Å². The van der Waals surface area contributed by atoms with Crippen LogP contribution in [0, 0.1) is 11.3 Å². The molecule has 1 heterocycles. The van der Waals surface area contributed by atoms with E-state index in [9.17, 15) is 0 Å². The van der Waals surface area contributed by atoms with Crippen molar-refractivity contribution in [3.05, 3.63) is 11.6 Å². The number of nitrogens with one attached hydrogen (secondary N) is 1. The van der Waals surface area contributed by atoms with Crippen LogP contribution in [0.2, 0.25) is 0 Å². The molecule has 0 spiro atoms. The Morgan fingerprint density at radius 3 is 2.71 bits per heavy atom. The molecule has 0 unspecified atom stereocenters. The van der Waals surface area contributed by atoms with Gasteiger partial charge in [0.05, 0.1) is 0 Å². The van der Waals surface area contributed by atoms with Crippen LogP contribution in [-0.2, 0) is 0 Å². The summed E-state index contributed by atoms with van der Waals surface area (Å²) in [6.07, 6.45) is 4.64. The number of anilines is 1. The first-order valence-electron chi connectivity index (χ1n) is 5.04. The van der Waals surface area contributed by atoms with Crippen molar-refractivity contribution < 1.29 is 4.42 Å². The van der Waals surface area contributed by atoms with E-state index < -0.39 is 0 Å². The highest BCUT2D eigenvalue weighted by Gasteiger charge is 2.31. The maximum Gasteiger partial charge on any atom is 0.232 e. The van der Waals surface area contributed by atoms with Crippen LogP contribution >= 0.6 is 0 Å². The summed E-state index contributed by atoms with van der Waals surface area (Å²) < 4.78 is 5.54. The van der Waals surface area contributed by atoms with E-state index in [1.807, 2.05) is 0 Å². The second kappa shape index (κ2) is 2.74. The summed E-state index contributed by atoms with van der Waals surface area (Å²) in [5.74, 6) is 1.79. The van der Waals surface area contributed by atoms with Crippen molar-refractivity contribution >= 4 is 5.88 Å². The zero-order valence-corrected chi connectivity index (χ0v) is 7.79. The average molecular weight is 189 g/mol. The Kier molecular flexibility index (Phi) is 1.54. The number of nitrogens with zero attached hydrogens (tertiary/aromatic N) is 2. The first-order chi connectivity index (χ1) is 6.86. The van der Waals surface area contributed by atoms with Gasteiger partial charge in [0.15, 0.2) is 0 Å². The van der Waals surface area contributed by atoms with Gasteiger partial charge in [-0.25, -0.2) is 4.98 Å². The maximum absolute atomic E-state index is 8.85. The molecule has 1 N–H and O–H groups in total. The Hall–Kier alpha value is -1.50. The Bertz CT molecular complexity index is 396. The molecule has 0 bridgehead atoms. The highest BCUT2D eigenvalue weighted by molar-refractivity contribution is 5.47. The predicted molar refractivity (Wildman–Crippen MR) is 49.8 cm³/mol. The monoisotopic (exact) mass is 189 g/mol. The van der Waals surface area contributed by atoms with Gasteiger partial charge in [-0.2, -0.15) is 5.26 Å². The van der Waals surface area contributed by atoms with Crippen LogP contribution in [0.3, 0.4) is 0 Å². The third-order valence-corrected chi connectivity index (χ3v) is 2.59. The lowest BCUT2D eigenvalue weighted by atomic mass is 10.4.